The topological polar surface area (TPSA) is 35.2 Å². The molecule has 2 nitrogen and oxygen atoms in total. The second kappa shape index (κ2) is 4.44. The molecule has 1 rings (SSSR count). The van der Waals surface area contributed by atoms with Crippen LogP contribution >= 0.6 is 0 Å². The highest BCUT2D eigenvalue weighted by Crippen LogP contribution is 2.32. The Kier molecular flexibility index (Phi) is 3.56. The van der Waals surface area contributed by atoms with Gasteiger partial charge in [-0.05, 0) is 17.7 Å². The second-order valence-electron chi connectivity index (χ2n) is 3.14. The van der Waals surface area contributed by atoms with E-state index in [9.17, 15) is 26.3 Å². The minimum atomic E-state index is -4.96. The van der Waals surface area contributed by atoms with Gasteiger partial charge in [0.05, 0.1) is 0 Å². The zero-order valence-electron chi connectivity index (χ0n) is 8.14. The summed E-state index contributed by atoms with van der Waals surface area (Å²) in [5, 5.41) is 0. The Morgan fingerprint density at radius 2 is 1.65 bits per heavy atom. The van der Waals surface area contributed by atoms with Gasteiger partial charge in [-0.1, -0.05) is 12.1 Å². The quantitative estimate of drug-likeness (QED) is 0.828. The average Bonchev–Trinajstić information content (AvgIpc) is 2.12. The van der Waals surface area contributed by atoms with Crippen molar-refractivity contribution in [1.82, 2.24) is 0 Å². The van der Waals surface area contributed by atoms with E-state index in [1.807, 2.05) is 0 Å². The molecule has 0 saturated heterocycles. The van der Waals surface area contributed by atoms with Crippen molar-refractivity contribution in [3.05, 3.63) is 29.8 Å². The lowest BCUT2D eigenvalue weighted by atomic mass is 10.1. The number of nitrogens with two attached hydrogens (primary N) is 1. The van der Waals surface area contributed by atoms with Gasteiger partial charge < -0.3 is 10.5 Å². The van der Waals surface area contributed by atoms with E-state index in [0.717, 1.165) is 18.2 Å². The van der Waals surface area contributed by atoms with Crippen LogP contribution in [0.15, 0.2) is 24.3 Å². The van der Waals surface area contributed by atoms with Gasteiger partial charge in [0.2, 0.25) is 0 Å². The minimum absolute atomic E-state index is 0.501. The second-order valence-corrected chi connectivity index (χ2v) is 3.14. The van der Waals surface area contributed by atoms with Crippen molar-refractivity contribution in [2.75, 3.05) is 0 Å². The molecular weight excluding hydrogens is 252 g/mol. The van der Waals surface area contributed by atoms with Crippen LogP contribution in [0.4, 0.5) is 26.3 Å². The van der Waals surface area contributed by atoms with Crippen LogP contribution in [0.2, 0.25) is 0 Å². The fourth-order valence-electron chi connectivity index (χ4n) is 1.09. The molecule has 2 N–H and O–H groups in total. The number of halogens is 6. The maximum Gasteiger partial charge on any atom is 0.573 e. The lowest BCUT2D eigenvalue weighted by Crippen LogP contribution is -2.28. The molecule has 0 saturated carbocycles. The third-order valence-corrected chi connectivity index (χ3v) is 1.80. The van der Waals surface area contributed by atoms with E-state index >= 15 is 0 Å². The van der Waals surface area contributed by atoms with Crippen molar-refractivity contribution in [2.24, 2.45) is 5.73 Å². The molecule has 8 heteroatoms. The zero-order chi connectivity index (χ0) is 13.3. The predicted octanol–water partition coefficient (Wildman–Crippen LogP) is 3.15. The van der Waals surface area contributed by atoms with E-state index in [2.05, 4.69) is 4.74 Å². The molecule has 1 atom stereocenters. The van der Waals surface area contributed by atoms with Crippen LogP contribution in [0.3, 0.4) is 0 Å². The van der Waals surface area contributed by atoms with E-state index in [-0.39, 0.29) is 0 Å². The summed E-state index contributed by atoms with van der Waals surface area (Å²) in [5.41, 5.74) is 4.34. The summed E-state index contributed by atoms with van der Waals surface area (Å²) in [6, 6.07) is 1.12. The Bertz CT molecular complexity index is 386. The maximum atomic E-state index is 12.2. The highest BCUT2D eigenvalue weighted by molar-refractivity contribution is 5.31. The van der Waals surface area contributed by atoms with E-state index in [4.69, 9.17) is 5.73 Å². The summed E-state index contributed by atoms with van der Waals surface area (Å²) in [6.45, 7) is 0. The monoisotopic (exact) mass is 259 g/mol. The first kappa shape index (κ1) is 13.6. The first-order chi connectivity index (χ1) is 7.59. The van der Waals surface area contributed by atoms with Crippen LogP contribution in [0.1, 0.15) is 11.6 Å². The van der Waals surface area contributed by atoms with Crippen molar-refractivity contribution in [3.63, 3.8) is 0 Å². The van der Waals surface area contributed by atoms with E-state index in [0.29, 0.717) is 6.07 Å². The average molecular weight is 259 g/mol. The Labute approximate surface area is 92.0 Å². The first-order valence-electron chi connectivity index (χ1n) is 4.27. The lowest BCUT2D eigenvalue weighted by Gasteiger charge is -2.17. The van der Waals surface area contributed by atoms with E-state index < -0.39 is 29.9 Å². The zero-order valence-corrected chi connectivity index (χ0v) is 8.14. The molecule has 0 radical (unpaired) electrons. The number of benzene rings is 1. The van der Waals surface area contributed by atoms with Crippen LogP contribution in [0, 0.1) is 0 Å². The Morgan fingerprint density at radius 1 is 1.06 bits per heavy atom. The summed E-state index contributed by atoms with van der Waals surface area (Å²) in [6.07, 6.45) is -9.68. The molecule has 0 aliphatic carbocycles. The molecule has 17 heavy (non-hydrogen) atoms. The highest BCUT2D eigenvalue weighted by Gasteiger charge is 2.38. The van der Waals surface area contributed by atoms with Crippen LogP contribution in [-0.2, 0) is 0 Å². The van der Waals surface area contributed by atoms with Gasteiger partial charge in [-0.15, -0.1) is 13.2 Å². The molecule has 0 aromatic heterocycles. The fraction of sp³-hybridized carbons (Fsp3) is 0.333. The summed E-state index contributed by atoms with van der Waals surface area (Å²) in [7, 11) is 0. The van der Waals surface area contributed by atoms with Crippen molar-refractivity contribution in [3.8, 4) is 5.75 Å². The number of hydrogen-bond donors (Lipinski definition) is 1. The number of ether oxygens (including phenoxy) is 1. The summed E-state index contributed by atoms with van der Waals surface area (Å²) in [5.74, 6) is -0.741. The molecule has 1 aromatic carbocycles. The SMILES string of the molecule is N[C@H](c1cccc(OC(F)(F)F)c1)C(F)(F)F. The van der Waals surface area contributed by atoms with E-state index in [1.54, 1.807) is 0 Å². The summed E-state index contributed by atoms with van der Waals surface area (Å²) in [4.78, 5) is 0. The predicted molar refractivity (Wildman–Crippen MR) is 46.1 cm³/mol. The Morgan fingerprint density at radius 3 is 2.12 bits per heavy atom. The van der Waals surface area contributed by atoms with Crippen molar-refractivity contribution in [2.45, 2.75) is 18.6 Å². The van der Waals surface area contributed by atoms with Crippen LogP contribution < -0.4 is 10.5 Å². The van der Waals surface area contributed by atoms with Gasteiger partial charge in [0.15, 0.2) is 0 Å². The Balaban J connectivity index is 2.94. The van der Waals surface area contributed by atoms with Gasteiger partial charge in [0, 0.05) is 0 Å². The maximum absolute atomic E-state index is 12.2. The lowest BCUT2D eigenvalue weighted by molar-refractivity contribution is -0.274. The van der Waals surface area contributed by atoms with Gasteiger partial charge in [0.25, 0.3) is 0 Å². The standard InChI is InChI=1S/C9H7F6NO/c10-8(11,12)7(16)5-2-1-3-6(4-5)17-9(13,14)15/h1-4,7H,16H2/t7-/m1/s1. The molecule has 0 heterocycles. The van der Waals surface area contributed by atoms with Crippen LogP contribution in [-0.4, -0.2) is 12.5 Å². The highest BCUT2D eigenvalue weighted by atomic mass is 19.4. The molecule has 0 aliphatic heterocycles. The minimum Gasteiger partial charge on any atom is -0.406 e. The van der Waals surface area contributed by atoms with Crippen LogP contribution in [0.25, 0.3) is 0 Å². The van der Waals surface area contributed by atoms with Crippen LogP contribution in [0.5, 0.6) is 5.75 Å². The normalized spacial score (nSPS) is 14.5. The van der Waals surface area contributed by atoms with E-state index in [1.165, 1.54) is 0 Å². The molecule has 0 aliphatic rings. The van der Waals surface area contributed by atoms with Crippen molar-refractivity contribution in [1.29, 1.82) is 0 Å². The number of alkyl halides is 6. The fourth-order valence-corrected chi connectivity index (χ4v) is 1.09. The Hall–Kier alpha value is -1.44. The smallest absolute Gasteiger partial charge is 0.406 e. The van der Waals surface area contributed by atoms with Gasteiger partial charge in [-0.3, -0.25) is 0 Å². The molecule has 0 amide bonds. The third-order valence-electron chi connectivity index (χ3n) is 1.80. The molecule has 96 valence electrons. The van der Waals surface area contributed by atoms with Gasteiger partial charge >= 0.3 is 12.5 Å². The molecule has 0 bridgehead atoms. The van der Waals surface area contributed by atoms with Gasteiger partial charge in [0.1, 0.15) is 11.8 Å². The molecular formula is C9H7F6NO. The first-order valence-corrected chi connectivity index (χ1v) is 4.27. The largest absolute Gasteiger partial charge is 0.573 e. The van der Waals surface area contributed by atoms with Gasteiger partial charge in [-0.25, -0.2) is 0 Å². The number of rotatable bonds is 2. The molecule has 1 aromatic rings. The van der Waals surface area contributed by atoms with Crippen molar-refractivity contribution >= 4 is 0 Å². The summed E-state index contributed by atoms with van der Waals surface area (Å²) >= 11 is 0. The molecule has 0 fully saturated rings. The number of hydrogen-bond acceptors (Lipinski definition) is 2. The van der Waals surface area contributed by atoms with Crippen molar-refractivity contribution < 1.29 is 31.1 Å². The third kappa shape index (κ3) is 4.14. The molecule has 0 spiro atoms. The summed E-state index contributed by atoms with van der Waals surface area (Å²) < 4.78 is 75.6. The molecule has 0 unspecified atom stereocenters. The van der Waals surface area contributed by atoms with Gasteiger partial charge in [-0.2, -0.15) is 13.2 Å².